The van der Waals surface area contributed by atoms with Crippen LogP contribution in [0.4, 0.5) is 4.39 Å². The molecule has 8 heteroatoms. The Balaban J connectivity index is 2.21. The van der Waals surface area contributed by atoms with Gasteiger partial charge in [0.05, 0.1) is 0 Å². The monoisotopic (exact) mass is 294 g/mol. The standard InChI is InChI=1S/C13H15FN4O3/c1-17-4-5-18(13(21)12(17)20)7-9-6-8(11(19)16-15)2-3-10(9)14/h2-3,6H,4-5,7,15H2,1H3,(H,16,19). The third-order valence-electron chi connectivity index (χ3n) is 3.32. The number of hydrogen-bond donors (Lipinski definition) is 2. The Bertz CT molecular complexity index is 605. The molecule has 0 saturated carbocycles. The van der Waals surface area contributed by atoms with E-state index in [9.17, 15) is 18.8 Å². The van der Waals surface area contributed by atoms with E-state index in [2.05, 4.69) is 0 Å². The number of hydrogen-bond acceptors (Lipinski definition) is 4. The van der Waals surface area contributed by atoms with Crippen molar-refractivity contribution in [2.75, 3.05) is 20.1 Å². The third kappa shape index (κ3) is 3.00. The second-order valence-electron chi connectivity index (χ2n) is 4.73. The maximum atomic E-state index is 13.8. The second-order valence-corrected chi connectivity index (χ2v) is 4.73. The number of benzene rings is 1. The molecule has 2 rings (SSSR count). The second kappa shape index (κ2) is 5.88. The Kier molecular flexibility index (Phi) is 4.18. The minimum absolute atomic E-state index is 0.0735. The van der Waals surface area contributed by atoms with Crippen molar-refractivity contribution >= 4 is 17.7 Å². The summed E-state index contributed by atoms with van der Waals surface area (Å²) >= 11 is 0. The van der Waals surface area contributed by atoms with Crippen LogP contribution in [0, 0.1) is 5.82 Å². The summed E-state index contributed by atoms with van der Waals surface area (Å²) in [6.45, 7) is 0.624. The zero-order valence-corrected chi connectivity index (χ0v) is 11.4. The average molecular weight is 294 g/mol. The van der Waals surface area contributed by atoms with Crippen LogP contribution < -0.4 is 11.3 Å². The van der Waals surface area contributed by atoms with E-state index < -0.39 is 23.5 Å². The van der Waals surface area contributed by atoms with Crippen molar-refractivity contribution in [3.8, 4) is 0 Å². The number of carbonyl (C=O) groups is 3. The van der Waals surface area contributed by atoms with Gasteiger partial charge in [-0.3, -0.25) is 19.8 Å². The van der Waals surface area contributed by atoms with Crippen molar-refractivity contribution in [3.63, 3.8) is 0 Å². The summed E-state index contributed by atoms with van der Waals surface area (Å²) in [7, 11) is 1.53. The number of nitrogens with zero attached hydrogens (tertiary/aromatic N) is 2. The molecule has 21 heavy (non-hydrogen) atoms. The van der Waals surface area contributed by atoms with Crippen LogP contribution in [0.2, 0.25) is 0 Å². The number of halogens is 1. The topological polar surface area (TPSA) is 95.7 Å². The molecule has 0 spiro atoms. The molecule has 7 nitrogen and oxygen atoms in total. The number of hydrazine groups is 1. The molecule has 3 N–H and O–H groups in total. The Morgan fingerprint density at radius 3 is 2.71 bits per heavy atom. The first-order chi connectivity index (χ1) is 9.93. The predicted molar refractivity (Wildman–Crippen MR) is 71.1 cm³/mol. The van der Waals surface area contributed by atoms with Crippen LogP contribution in [0.15, 0.2) is 18.2 Å². The Labute approximate surface area is 120 Å². The van der Waals surface area contributed by atoms with Crippen molar-refractivity contribution in [1.29, 1.82) is 0 Å². The Hall–Kier alpha value is -2.48. The number of nitrogens with one attached hydrogen (secondary N) is 1. The van der Waals surface area contributed by atoms with Crippen LogP contribution in [-0.2, 0) is 16.1 Å². The van der Waals surface area contributed by atoms with Crippen molar-refractivity contribution < 1.29 is 18.8 Å². The smallest absolute Gasteiger partial charge is 0.312 e. The molecule has 1 aliphatic rings. The highest BCUT2D eigenvalue weighted by atomic mass is 19.1. The van der Waals surface area contributed by atoms with Crippen molar-refractivity contribution in [3.05, 3.63) is 35.1 Å². The lowest BCUT2D eigenvalue weighted by atomic mass is 10.1. The number of carbonyl (C=O) groups excluding carboxylic acids is 3. The van der Waals surface area contributed by atoms with Gasteiger partial charge in [0.25, 0.3) is 5.91 Å². The number of rotatable bonds is 3. The van der Waals surface area contributed by atoms with Gasteiger partial charge in [-0.1, -0.05) is 0 Å². The number of likely N-dealkylation sites (N-methyl/N-ethyl adjacent to an activating group) is 1. The lowest BCUT2D eigenvalue weighted by Crippen LogP contribution is -2.52. The van der Waals surface area contributed by atoms with Gasteiger partial charge in [-0.25, -0.2) is 10.2 Å². The van der Waals surface area contributed by atoms with E-state index in [1.807, 2.05) is 5.43 Å². The number of piperazine rings is 1. The molecule has 1 aromatic rings. The molecule has 1 aromatic carbocycles. The fraction of sp³-hybridized carbons (Fsp3) is 0.308. The molecule has 0 aliphatic carbocycles. The quantitative estimate of drug-likeness (QED) is 0.331. The van der Waals surface area contributed by atoms with Gasteiger partial charge in [0.1, 0.15) is 5.82 Å². The van der Waals surface area contributed by atoms with Crippen LogP contribution in [0.1, 0.15) is 15.9 Å². The van der Waals surface area contributed by atoms with E-state index in [1.54, 1.807) is 0 Å². The molecule has 112 valence electrons. The maximum Gasteiger partial charge on any atom is 0.312 e. The van der Waals surface area contributed by atoms with Crippen molar-refractivity contribution in [1.82, 2.24) is 15.2 Å². The van der Waals surface area contributed by atoms with Gasteiger partial charge in [-0.2, -0.15) is 0 Å². The summed E-state index contributed by atoms with van der Waals surface area (Å²) in [5, 5.41) is 0. The lowest BCUT2D eigenvalue weighted by Gasteiger charge is -2.31. The molecule has 0 radical (unpaired) electrons. The van der Waals surface area contributed by atoms with Crippen LogP contribution in [0.3, 0.4) is 0 Å². The van der Waals surface area contributed by atoms with E-state index in [-0.39, 0.29) is 17.7 Å². The van der Waals surface area contributed by atoms with Crippen LogP contribution in [-0.4, -0.2) is 47.7 Å². The highest BCUT2D eigenvalue weighted by Gasteiger charge is 2.30. The van der Waals surface area contributed by atoms with E-state index in [4.69, 9.17) is 5.84 Å². The van der Waals surface area contributed by atoms with Crippen LogP contribution >= 0.6 is 0 Å². The van der Waals surface area contributed by atoms with E-state index in [0.717, 1.165) is 6.07 Å². The normalized spacial score (nSPS) is 15.4. The molecular formula is C13H15FN4O3. The van der Waals surface area contributed by atoms with E-state index in [1.165, 1.54) is 29.0 Å². The molecule has 0 aromatic heterocycles. The van der Waals surface area contributed by atoms with Gasteiger partial charge < -0.3 is 9.80 Å². The molecule has 0 atom stereocenters. The summed E-state index contributed by atoms with van der Waals surface area (Å²) in [6, 6.07) is 3.73. The van der Waals surface area contributed by atoms with Crippen molar-refractivity contribution in [2.45, 2.75) is 6.54 Å². The van der Waals surface area contributed by atoms with Crippen LogP contribution in [0.25, 0.3) is 0 Å². The lowest BCUT2D eigenvalue weighted by molar-refractivity contribution is -0.155. The fourth-order valence-electron chi connectivity index (χ4n) is 2.05. The maximum absolute atomic E-state index is 13.8. The highest BCUT2D eigenvalue weighted by molar-refractivity contribution is 6.35. The molecule has 0 unspecified atom stereocenters. The first kappa shape index (κ1) is 14.9. The minimum Gasteiger partial charge on any atom is -0.336 e. The van der Waals surface area contributed by atoms with Gasteiger partial charge in [0.2, 0.25) is 0 Å². The van der Waals surface area contributed by atoms with Crippen molar-refractivity contribution in [2.24, 2.45) is 5.84 Å². The SMILES string of the molecule is CN1CCN(Cc2cc(C(=O)NN)ccc2F)C(=O)C1=O. The molecule has 1 heterocycles. The minimum atomic E-state index is -0.683. The third-order valence-corrected chi connectivity index (χ3v) is 3.32. The van der Waals surface area contributed by atoms with Gasteiger partial charge in [-0.15, -0.1) is 0 Å². The van der Waals surface area contributed by atoms with E-state index >= 15 is 0 Å². The predicted octanol–water partition coefficient (Wildman–Crippen LogP) is -0.770. The first-order valence-electron chi connectivity index (χ1n) is 6.27. The number of nitrogens with two attached hydrogens (primary N) is 1. The fourth-order valence-corrected chi connectivity index (χ4v) is 2.05. The molecule has 1 saturated heterocycles. The largest absolute Gasteiger partial charge is 0.336 e. The summed E-state index contributed by atoms with van der Waals surface area (Å²) < 4.78 is 13.8. The zero-order chi connectivity index (χ0) is 15.6. The Morgan fingerprint density at radius 2 is 2.05 bits per heavy atom. The molecule has 3 amide bonds. The summed E-state index contributed by atoms with van der Waals surface area (Å²) in [5.74, 6) is 2.60. The molecule has 1 fully saturated rings. The average Bonchev–Trinajstić information content (AvgIpc) is 2.49. The molecular weight excluding hydrogens is 279 g/mol. The zero-order valence-electron chi connectivity index (χ0n) is 11.4. The first-order valence-corrected chi connectivity index (χ1v) is 6.27. The number of nitrogen functional groups attached to an aromatic ring is 1. The van der Waals surface area contributed by atoms with Gasteiger partial charge in [0, 0.05) is 37.8 Å². The van der Waals surface area contributed by atoms with Crippen LogP contribution in [0.5, 0.6) is 0 Å². The van der Waals surface area contributed by atoms with Gasteiger partial charge in [-0.05, 0) is 18.2 Å². The molecule has 0 bridgehead atoms. The summed E-state index contributed by atoms with van der Waals surface area (Å²) in [4.78, 5) is 37.4. The van der Waals surface area contributed by atoms with E-state index in [0.29, 0.717) is 13.1 Å². The molecule has 1 aliphatic heterocycles. The highest BCUT2D eigenvalue weighted by Crippen LogP contribution is 2.15. The van der Waals surface area contributed by atoms with Gasteiger partial charge >= 0.3 is 11.8 Å². The van der Waals surface area contributed by atoms with Gasteiger partial charge in [0.15, 0.2) is 0 Å². The number of amides is 3. The summed E-state index contributed by atoms with van der Waals surface area (Å²) in [6.07, 6.45) is 0. The Morgan fingerprint density at radius 1 is 1.33 bits per heavy atom. The summed E-state index contributed by atoms with van der Waals surface area (Å²) in [5.41, 5.74) is 2.29.